The van der Waals surface area contributed by atoms with Crippen molar-refractivity contribution in [2.45, 2.75) is 12.5 Å². The average Bonchev–Trinajstić information content (AvgIpc) is 2.42. The minimum Gasteiger partial charge on any atom is -0.484 e. The SMILES string of the molecule is Fc1cccc(-c2ccc(OC3CNC3)c(OC(F)(F)F)c2)c1. The maximum absolute atomic E-state index is 13.3. The van der Waals surface area contributed by atoms with E-state index >= 15 is 0 Å². The van der Waals surface area contributed by atoms with E-state index in [0.29, 0.717) is 24.2 Å². The van der Waals surface area contributed by atoms with Crippen LogP contribution in [0.4, 0.5) is 17.6 Å². The van der Waals surface area contributed by atoms with Gasteiger partial charge in [0.1, 0.15) is 11.9 Å². The van der Waals surface area contributed by atoms with Gasteiger partial charge in [-0.2, -0.15) is 0 Å². The third-order valence-electron chi connectivity index (χ3n) is 3.36. The minimum atomic E-state index is -4.84. The van der Waals surface area contributed by atoms with Gasteiger partial charge in [-0.05, 0) is 35.4 Å². The Bertz CT molecular complexity index is 699. The Morgan fingerprint density at radius 2 is 1.70 bits per heavy atom. The quantitative estimate of drug-likeness (QED) is 0.868. The Balaban J connectivity index is 1.94. The molecule has 1 fully saturated rings. The van der Waals surface area contributed by atoms with Crippen LogP contribution in [0.3, 0.4) is 0 Å². The topological polar surface area (TPSA) is 30.5 Å². The van der Waals surface area contributed by atoms with Crippen LogP contribution in [0.2, 0.25) is 0 Å². The van der Waals surface area contributed by atoms with Gasteiger partial charge in [-0.15, -0.1) is 13.2 Å². The molecule has 0 amide bonds. The predicted octanol–water partition coefficient (Wildman–Crippen LogP) is 3.74. The standard InChI is InChI=1S/C16H13F4NO2/c17-12-3-1-2-10(6-12)11-4-5-14(22-13-8-21-9-13)15(7-11)23-16(18,19)20/h1-7,13,21H,8-9H2. The molecule has 0 radical (unpaired) electrons. The molecule has 23 heavy (non-hydrogen) atoms. The Morgan fingerprint density at radius 3 is 2.30 bits per heavy atom. The summed E-state index contributed by atoms with van der Waals surface area (Å²) in [5, 5.41) is 2.96. The van der Waals surface area contributed by atoms with Crippen molar-refractivity contribution < 1.29 is 27.0 Å². The fourth-order valence-electron chi connectivity index (χ4n) is 2.18. The smallest absolute Gasteiger partial charge is 0.484 e. The van der Waals surface area contributed by atoms with Crippen LogP contribution in [0, 0.1) is 5.82 Å². The molecule has 0 bridgehead atoms. The molecule has 1 aliphatic heterocycles. The number of hydrogen-bond donors (Lipinski definition) is 1. The highest BCUT2D eigenvalue weighted by Crippen LogP contribution is 2.37. The summed E-state index contributed by atoms with van der Waals surface area (Å²) in [6.45, 7) is 1.13. The number of rotatable bonds is 4. The zero-order valence-corrected chi connectivity index (χ0v) is 11.9. The lowest BCUT2D eigenvalue weighted by Crippen LogP contribution is -2.50. The van der Waals surface area contributed by atoms with Gasteiger partial charge in [-0.3, -0.25) is 0 Å². The fourth-order valence-corrected chi connectivity index (χ4v) is 2.18. The molecule has 7 heteroatoms. The molecule has 1 saturated heterocycles. The van der Waals surface area contributed by atoms with Crippen LogP contribution in [0.5, 0.6) is 11.5 Å². The molecule has 0 spiro atoms. The van der Waals surface area contributed by atoms with Crippen LogP contribution in [0.25, 0.3) is 11.1 Å². The van der Waals surface area contributed by atoms with Gasteiger partial charge < -0.3 is 14.8 Å². The summed E-state index contributed by atoms with van der Waals surface area (Å²) in [4.78, 5) is 0. The molecule has 2 aromatic rings. The largest absolute Gasteiger partial charge is 0.573 e. The highest BCUT2D eigenvalue weighted by atomic mass is 19.4. The normalized spacial score (nSPS) is 15.1. The van der Waals surface area contributed by atoms with Gasteiger partial charge in [0.2, 0.25) is 0 Å². The first kappa shape index (κ1) is 15.6. The van der Waals surface area contributed by atoms with E-state index in [-0.39, 0.29) is 11.9 Å². The predicted molar refractivity (Wildman–Crippen MR) is 75.8 cm³/mol. The van der Waals surface area contributed by atoms with Crippen LogP contribution in [0.15, 0.2) is 42.5 Å². The van der Waals surface area contributed by atoms with Gasteiger partial charge in [-0.1, -0.05) is 18.2 Å². The molecule has 0 unspecified atom stereocenters. The number of alkyl halides is 3. The van der Waals surface area contributed by atoms with E-state index in [1.807, 2.05) is 0 Å². The lowest BCUT2D eigenvalue weighted by Gasteiger charge is -2.28. The summed E-state index contributed by atoms with van der Waals surface area (Å²) in [6.07, 6.45) is -5.03. The summed E-state index contributed by atoms with van der Waals surface area (Å²) < 4.78 is 60.6. The Morgan fingerprint density at radius 1 is 0.957 bits per heavy atom. The van der Waals surface area contributed by atoms with Crippen molar-refractivity contribution >= 4 is 0 Å². The van der Waals surface area contributed by atoms with Crippen LogP contribution < -0.4 is 14.8 Å². The zero-order valence-electron chi connectivity index (χ0n) is 11.9. The molecule has 122 valence electrons. The Kier molecular flexibility index (Phi) is 4.12. The summed E-state index contributed by atoms with van der Waals surface area (Å²) in [5.74, 6) is -0.901. The van der Waals surface area contributed by atoms with Gasteiger partial charge in [0, 0.05) is 13.1 Å². The van der Waals surface area contributed by atoms with E-state index < -0.39 is 17.9 Å². The number of ether oxygens (including phenoxy) is 2. The van der Waals surface area contributed by atoms with E-state index in [2.05, 4.69) is 10.1 Å². The van der Waals surface area contributed by atoms with Crippen LogP contribution in [-0.2, 0) is 0 Å². The molecule has 3 rings (SSSR count). The second kappa shape index (κ2) is 6.08. The van der Waals surface area contributed by atoms with Crippen LogP contribution in [-0.4, -0.2) is 25.6 Å². The Labute approximate surface area is 129 Å². The molecule has 1 N–H and O–H groups in total. The van der Waals surface area contributed by atoms with E-state index in [9.17, 15) is 17.6 Å². The molecule has 3 nitrogen and oxygen atoms in total. The number of benzene rings is 2. The highest BCUT2D eigenvalue weighted by Gasteiger charge is 2.33. The van der Waals surface area contributed by atoms with Crippen molar-refractivity contribution in [2.75, 3.05) is 13.1 Å². The lowest BCUT2D eigenvalue weighted by molar-refractivity contribution is -0.275. The first-order chi connectivity index (χ1) is 10.9. The summed E-state index contributed by atoms with van der Waals surface area (Å²) in [6, 6.07) is 9.76. The molecule has 1 aliphatic rings. The van der Waals surface area contributed by atoms with Crippen LogP contribution >= 0.6 is 0 Å². The van der Waals surface area contributed by atoms with Crippen LogP contribution in [0.1, 0.15) is 0 Å². The second-order valence-electron chi connectivity index (χ2n) is 5.12. The third kappa shape index (κ3) is 3.92. The second-order valence-corrected chi connectivity index (χ2v) is 5.12. The molecule has 0 atom stereocenters. The van der Waals surface area contributed by atoms with Gasteiger partial charge in [0.05, 0.1) is 0 Å². The van der Waals surface area contributed by atoms with E-state index in [1.165, 1.54) is 30.3 Å². The van der Waals surface area contributed by atoms with Gasteiger partial charge in [-0.25, -0.2) is 4.39 Å². The third-order valence-corrected chi connectivity index (χ3v) is 3.36. The summed E-state index contributed by atoms with van der Waals surface area (Å²) in [7, 11) is 0. The van der Waals surface area contributed by atoms with Gasteiger partial charge in [0.15, 0.2) is 11.5 Å². The molecule has 0 aromatic heterocycles. The lowest BCUT2D eigenvalue weighted by atomic mass is 10.0. The summed E-state index contributed by atoms with van der Waals surface area (Å²) in [5.41, 5.74) is 0.858. The number of nitrogens with one attached hydrogen (secondary N) is 1. The Hall–Kier alpha value is -2.28. The first-order valence-electron chi connectivity index (χ1n) is 6.94. The van der Waals surface area contributed by atoms with E-state index in [1.54, 1.807) is 12.1 Å². The average molecular weight is 327 g/mol. The van der Waals surface area contributed by atoms with Crippen molar-refractivity contribution in [2.24, 2.45) is 0 Å². The molecular weight excluding hydrogens is 314 g/mol. The first-order valence-corrected chi connectivity index (χ1v) is 6.94. The molecular formula is C16H13F4NO2. The van der Waals surface area contributed by atoms with Crippen molar-refractivity contribution in [3.8, 4) is 22.6 Å². The number of hydrogen-bond acceptors (Lipinski definition) is 3. The molecule has 2 aromatic carbocycles. The molecule has 1 heterocycles. The van der Waals surface area contributed by atoms with Crippen molar-refractivity contribution in [3.05, 3.63) is 48.3 Å². The molecule has 0 saturated carbocycles. The van der Waals surface area contributed by atoms with Gasteiger partial charge >= 0.3 is 6.36 Å². The van der Waals surface area contributed by atoms with Crippen molar-refractivity contribution in [3.63, 3.8) is 0 Å². The minimum absolute atomic E-state index is 0.00831. The maximum atomic E-state index is 13.3. The molecule has 0 aliphatic carbocycles. The van der Waals surface area contributed by atoms with E-state index in [0.717, 1.165) is 0 Å². The fraction of sp³-hybridized carbons (Fsp3) is 0.250. The van der Waals surface area contributed by atoms with Crippen molar-refractivity contribution in [1.82, 2.24) is 5.32 Å². The monoisotopic (exact) mass is 327 g/mol. The summed E-state index contributed by atoms with van der Waals surface area (Å²) >= 11 is 0. The zero-order chi connectivity index (χ0) is 16.4. The van der Waals surface area contributed by atoms with Gasteiger partial charge in [0.25, 0.3) is 0 Å². The van der Waals surface area contributed by atoms with Crippen molar-refractivity contribution in [1.29, 1.82) is 0 Å². The van der Waals surface area contributed by atoms with E-state index in [4.69, 9.17) is 4.74 Å². The number of halogens is 4. The highest BCUT2D eigenvalue weighted by molar-refractivity contribution is 5.67. The maximum Gasteiger partial charge on any atom is 0.573 e.